The number of benzene rings is 1. The molecular formula is C12H17BrFNO. The van der Waals surface area contributed by atoms with E-state index in [0.29, 0.717) is 4.47 Å². The highest BCUT2D eigenvalue weighted by atomic mass is 79.9. The van der Waals surface area contributed by atoms with E-state index in [9.17, 15) is 4.39 Å². The van der Waals surface area contributed by atoms with Crippen molar-refractivity contribution in [2.24, 2.45) is 0 Å². The maximum absolute atomic E-state index is 13.0. The van der Waals surface area contributed by atoms with Gasteiger partial charge in [-0.25, -0.2) is 4.39 Å². The zero-order valence-electron chi connectivity index (χ0n) is 9.67. The topological polar surface area (TPSA) is 12.5 Å². The Hall–Kier alpha value is -0.450. The van der Waals surface area contributed by atoms with Crippen LogP contribution >= 0.6 is 15.9 Å². The van der Waals surface area contributed by atoms with Crippen LogP contribution < -0.4 is 0 Å². The van der Waals surface area contributed by atoms with E-state index in [1.54, 1.807) is 7.11 Å². The van der Waals surface area contributed by atoms with Crippen molar-refractivity contribution in [3.63, 3.8) is 0 Å². The summed E-state index contributed by atoms with van der Waals surface area (Å²) in [5, 5.41) is 0. The van der Waals surface area contributed by atoms with Gasteiger partial charge < -0.3 is 4.74 Å². The van der Waals surface area contributed by atoms with Gasteiger partial charge in [-0.1, -0.05) is 13.0 Å². The number of ether oxygens (including phenoxy) is 1. The Morgan fingerprint density at radius 3 is 2.75 bits per heavy atom. The average Bonchev–Trinajstić information content (AvgIpc) is 2.29. The molecule has 0 amide bonds. The van der Waals surface area contributed by atoms with Crippen LogP contribution in [0.25, 0.3) is 0 Å². The highest BCUT2D eigenvalue weighted by Crippen LogP contribution is 2.17. The highest BCUT2D eigenvalue weighted by Gasteiger charge is 2.05. The summed E-state index contributed by atoms with van der Waals surface area (Å²) in [6.07, 6.45) is 0. The molecule has 0 saturated heterocycles. The minimum atomic E-state index is -0.219. The van der Waals surface area contributed by atoms with E-state index >= 15 is 0 Å². The molecule has 0 bridgehead atoms. The van der Waals surface area contributed by atoms with Crippen LogP contribution in [0.15, 0.2) is 22.7 Å². The Labute approximate surface area is 105 Å². The Balaban J connectivity index is 2.59. The van der Waals surface area contributed by atoms with Gasteiger partial charge in [-0.2, -0.15) is 0 Å². The van der Waals surface area contributed by atoms with Crippen molar-refractivity contribution in [1.82, 2.24) is 4.90 Å². The number of rotatable bonds is 6. The molecule has 4 heteroatoms. The first-order chi connectivity index (χ1) is 7.67. The lowest BCUT2D eigenvalue weighted by Crippen LogP contribution is -2.26. The summed E-state index contributed by atoms with van der Waals surface area (Å²) in [5.41, 5.74) is 1.10. The lowest BCUT2D eigenvalue weighted by atomic mass is 10.2. The predicted molar refractivity (Wildman–Crippen MR) is 66.9 cm³/mol. The molecule has 1 aromatic rings. The van der Waals surface area contributed by atoms with Crippen LogP contribution in [-0.2, 0) is 11.3 Å². The largest absolute Gasteiger partial charge is 0.383 e. The minimum absolute atomic E-state index is 0.219. The summed E-state index contributed by atoms with van der Waals surface area (Å²) in [6, 6.07) is 5.13. The van der Waals surface area contributed by atoms with Crippen molar-refractivity contribution in [2.45, 2.75) is 13.5 Å². The van der Waals surface area contributed by atoms with Crippen LogP contribution in [0.5, 0.6) is 0 Å². The van der Waals surface area contributed by atoms with E-state index in [4.69, 9.17) is 4.74 Å². The second-order valence-electron chi connectivity index (χ2n) is 3.61. The van der Waals surface area contributed by atoms with Gasteiger partial charge in [0.1, 0.15) is 5.82 Å². The third-order valence-corrected chi connectivity index (χ3v) is 3.06. The van der Waals surface area contributed by atoms with Crippen molar-refractivity contribution >= 4 is 15.9 Å². The summed E-state index contributed by atoms with van der Waals surface area (Å²) in [4.78, 5) is 2.25. The molecular weight excluding hydrogens is 273 g/mol. The zero-order valence-corrected chi connectivity index (χ0v) is 11.3. The van der Waals surface area contributed by atoms with Gasteiger partial charge >= 0.3 is 0 Å². The molecule has 90 valence electrons. The van der Waals surface area contributed by atoms with E-state index in [0.717, 1.165) is 31.8 Å². The first-order valence-electron chi connectivity index (χ1n) is 5.32. The number of hydrogen-bond donors (Lipinski definition) is 0. The van der Waals surface area contributed by atoms with Gasteiger partial charge in [-0.15, -0.1) is 0 Å². The number of nitrogens with zero attached hydrogens (tertiary/aromatic N) is 1. The molecule has 0 heterocycles. The summed E-state index contributed by atoms with van der Waals surface area (Å²) in [6.45, 7) is 5.49. The van der Waals surface area contributed by atoms with Gasteiger partial charge in [0.25, 0.3) is 0 Å². The van der Waals surface area contributed by atoms with Crippen LogP contribution in [0, 0.1) is 5.82 Å². The third-order valence-electron chi connectivity index (χ3n) is 2.45. The Bertz CT molecular complexity index is 333. The quantitative estimate of drug-likeness (QED) is 0.798. The molecule has 0 aliphatic carbocycles. The lowest BCUT2D eigenvalue weighted by molar-refractivity contribution is 0.147. The molecule has 2 nitrogen and oxygen atoms in total. The molecule has 0 radical (unpaired) electrons. The van der Waals surface area contributed by atoms with E-state index < -0.39 is 0 Å². The van der Waals surface area contributed by atoms with Crippen LogP contribution in [0.4, 0.5) is 4.39 Å². The molecule has 0 spiro atoms. The SMILES string of the molecule is CCN(CCOC)Cc1ccc(F)c(Br)c1. The first kappa shape index (κ1) is 13.6. The van der Waals surface area contributed by atoms with Crippen LogP contribution in [0.3, 0.4) is 0 Å². The molecule has 16 heavy (non-hydrogen) atoms. The van der Waals surface area contributed by atoms with E-state index in [2.05, 4.69) is 27.8 Å². The molecule has 0 aromatic heterocycles. The third kappa shape index (κ3) is 4.20. The zero-order chi connectivity index (χ0) is 12.0. The molecule has 0 N–H and O–H groups in total. The predicted octanol–water partition coefficient (Wildman–Crippen LogP) is 3.06. The fourth-order valence-electron chi connectivity index (χ4n) is 1.47. The average molecular weight is 290 g/mol. The summed E-state index contributed by atoms with van der Waals surface area (Å²) in [5.74, 6) is -0.219. The van der Waals surface area contributed by atoms with E-state index in [-0.39, 0.29) is 5.82 Å². The fraction of sp³-hybridized carbons (Fsp3) is 0.500. The van der Waals surface area contributed by atoms with Crippen molar-refractivity contribution in [3.8, 4) is 0 Å². The second kappa shape index (κ2) is 6.99. The van der Waals surface area contributed by atoms with Crippen LogP contribution in [0.1, 0.15) is 12.5 Å². The molecule has 0 aliphatic rings. The maximum atomic E-state index is 13.0. The lowest BCUT2D eigenvalue weighted by Gasteiger charge is -2.20. The van der Waals surface area contributed by atoms with Crippen molar-refractivity contribution in [3.05, 3.63) is 34.1 Å². The summed E-state index contributed by atoms with van der Waals surface area (Å²) >= 11 is 3.19. The Morgan fingerprint density at radius 1 is 1.44 bits per heavy atom. The number of methoxy groups -OCH3 is 1. The first-order valence-corrected chi connectivity index (χ1v) is 6.12. The summed E-state index contributed by atoms with van der Waals surface area (Å²) < 4.78 is 18.6. The number of hydrogen-bond acceptors (Lipinski definition) is 2. The van der Waals surface area contributed by atoms with E-state index in [1.165, 1.54) is 6.07 Å². The molecule has 0 saturated carbocycles. The van der Waals surface area contributed by atoms with Gasteiger partial charge in [0.2, 0.25) is 0 Å². The van der Waals surface area contributed by atoms with Gasteiger partial charge in [0.05, 0.1) is 11.1 Å². The van der Waals surface area contributed by atoms with E-state index in [1.807, 2.05) is 12.1 Å². The number of likely N-dealkylation sites (N-methyl/N-ethyl adjacent to an activating group) is 1. The van der Waals surface area contributed by atoms with Gasteiger partial charge in [0.15, 0.2) is 0 Å². The molecule has 0 aliphatic heterocycles. The van der Waals surface area contributed by atoms with Gasteiger partial charge in [0, 0.05) is 20.2 Å². The molecule has 1 aromatic carbocycles. The van der Waals surface area contributed by atoms with Crippen molar-refractivity contribution in [2.75, 3.05) is 26.8 Å². The van der Waals surface area contributed by atoms with Crippen LogP contribution in [0.2, 0.25) is 0 Å². The maximum Gasteiger partial charge on any atom is 0.137 e. The molecule has 0 atom stereocenters. The van der Waals surface area contributed by atoms with Crippen molar-refractivity contribution < 1.29 is 9.13 Å². The minimum Gasteiger partial charge on any atom is -0.383 e. The van der Waals surface area contributed by atoms with Gasteiger partial charge in [-0.3, -0.25) is 4.90 Å². The molecule has 0 fully saturated rings. The second-order valence-corrected chi connectivity index (χ2v) is 4.46. The summed E-state index contributed by atoms with van der Waals surface area (Å²) in [7, 11) is 1.70. The number of halogens is 2. The Morgan fingerprint density at radius 2 is 2.19 bits per heavy atom. The Kier molecular flexibility index (Phi) is 5.95. The molecule has 1 rings (SSSR count). The normalized spacial score (nSPS) is 11.1. The highest BCUT2D eigenvalue weighted by molar-refractivity contribution is 9.10. The van der Waals surface area contributed by atoms with Crippen molar-refractivity contribution in [1.29, 1.82) is 0 Å². The monoisotopic (exact) mass is 289 g/mol. The fourth-order valence-corrected chi connectivity index (χ4v) is 1.89. The molecule has 0 unspecified atom stereocenters. The smallest absolute Gasteiger partial charge is 0.137 e. The standard InChI is InChI=1S/C12H17BrFNO/c1-3-15(6-7-16-2)9-10-4-5-12(14)11(13)8-10/h4-5,8H,3,6-7,9H2,1-2H3. The van der Waals surface area contributed by atoms with Gasteiger partial charge in [-0.05, 0) is 40.2 Å². The van der Waals surface area contributed by atoms with Crippen LogP contribution in [-0.4, -0.2) is 31.7 Å².